The molecule has 0 bridgehead atoms. The fourth-order valence-corrected chi connectivity index (χ4v) is 2.05. The van der Waals surface area contributed by atoms with Crippen molar-refractivity contribution < 1.29 is 31.9 Å². The highest BCUT2D eigenvalue weighted by Gasteiger charge is 2.62. The monoisotopic (exact) mass is 358 g/mol. The van der Waals surface area contributed by atoms with E-state index in [9.17, 15) is 26.7 Å². The number of alkyl halides is 5. The van der Waals surface area contributed by atoms with Crippen molar-refractivity contribution in [3.63, 3.8) is 0 Å². The van der Waals surface area contributed by atoms with Crippen molar-refractivity contribution in [3.05, 3.63) is 34.2 Å². The van der Waals surface area contributed by atoms with Crippen LogP contribution < -0.4 is 0 Å². The molecule has 0 aliphatic heterocycles. The van der Waals surface area contributed by atoms with Gasteiger partial charge in [0.15, 0.2) is 11.3 Å². The van der Waals surface area contributed by atoms with Gasteiger partial charge in [0.05, 0.1) is 4.47 Å². The van der Waals surface area contributed by atoms with Crippen LogP contribution in [0.2, 0.25) is 0 Å². The molecule has 0 atom stereocenters. The molecule has 0 aliphatic carbocycles. The summed E-state index contributed by atoms with van der Waals surface area (Å²) >= 11 is 2.91. The standard InChI is InChI=1S/C10H4BrF5N2O2/c11-4-2-1-3-18-6(9(12,13)10(14,15)16)5(8(19)20)17-7(4)18/h1-3H,(H,19,20). The largest absolute Gasteiger partial charge is 0.476 e. The summed E-state index contributed by atoms with van der Waals surface area (Å²) < 4.78 is 64.9. The average Bonchev–Trinajstić information content (AvgIpc) is 2.68. The van der Waals surface area contributed by atoms with Crippen LogP contribution in [0.15, 0.2) is 22.8 Å². The molecule has 20 heavy (non-hydrogen) atoms. The zero-order valence-corrected chi connectivity index (χ0v) is 10.8. The summed E-state index contributed by atoms with van der Waals surface area (Å²) in [5.41, 5.74) is -3.42. The Morgan fingerprint density at radius 2 is 1.90 bits per heavy atom. The molecule has 0 unspecified atom stereocenters. The van der Waals surface area contributed by atoms with Gasteiger partial charge >= 0.3 is 18.1 Å². The first-order valence-electron chi connectivity index (χ1n) is 4.92. The lowest BCUT2D eigenvalue weighted by Crippen LogP contribution is -2.36. The van der Waals surface area contributed by atoms with E-state index in [0.29, 0.717) is 4.40 Å². The van der Waals surface area contributed by atoms with Gasteiger partial charge in [-0.3, -0.25) is 4.40 Å². The fraction of sp³-hybridized carbons (Fsp3) is 0.200. The molecule has 0 radical (unpaired) electrons. The predicted molar refractivity (Wildman–Crippen MR) is 59.8 cm³/mol. The number of imidazole rings is 1. The summed E-state index contributed by atoms with van der Waals surface area (Å²) in [6.07, 6.45) is -5.05. The number of pyridine rings is 1. The highest BCUT2D eigenvalue weighted by atomic mass is 79.9. The Morgan fingerprint density at radius 3 is 2.40 bits per heavy atom. The second-order valence-corrected chi connectivity index (χ2v) is 4.59. The van der Waals surface area contributed by atoms with Gasteiger partial charge in [0.2, 0.25) is 0 Å². The molecule has 2 heterocycles. The zero-order chi connectivity index (χ0) is 15.3. The number of fused-ring (bicyclic) bond motifs is 1. The van der Waals surface area contributed by atoms with Gasteiger partial charge in [-0.2, -0.15) is 22.0 Å². The van der Waals surface area contributed by atoms with Crippen LogP contribution in [0.3, 0.4) is 0 Å². The van der Waals surface area contributed by atoms with Gasteiger partial charge in [0.25, 0.3) is 0 Å². The highest BCUT2D eigenvalue weighted by Crippen LogP contribution is 2.45. The van der Waals surface area contributed by atoms with Gasteiger partial charge in [-0.15, -0.1) is 0 Å². The summed E-state index contributed by atoms with van der Waals surface area (Å²) in [6, 6.07) is 2.52. The Hall–Kier alpha value is -1.71. The number of hydrogen-bond acceptors (Lipinski definition) is 2. The van der Waals surface area contributed by atoms with Crippen LogP contribution in [0.5, 0.6) is 0 Å². The number of aromatic nitrogens is 2. The number of rotatable bonds is 2. The summed E-state index contributed by atoms with van der Waals surface area (Å²) in [7, 11) is 0. The van der Waals surface area contributed by atoms with Crippen molar-refractivity contribution in [3.8, 4) is 0 Å². The molecule has 0 fully saturated rings. The van der Waals surface area contributed by atoms with E-state index >= 15 is 0 Å². The summed E-state index contributed by atoms with van der Waals surface area (Å²) in [6.45, 7) is 0. The van der Waals surface area contributed by atoms with E-state index in [1.54, 1.807) is 0 Å². The van der Waals surface area contributed by atoms with Gasteiger partial charge in [-0.05, 0) is 28.1 Å². The van der Waals surface area contributed by atoms with Crippen LogP contribution in [-0.4, -0.2) is 26.6 Å². The minimum absolute atomic E-state index is 0.0896. The van der Waals surface area contributed by atoms with E-state index in [0.717, 1.165) is 6.20 Å². The Morgan fingerprint density at radius 1 is 1.30 bits per heavy atom. The number of carboxylic acids is 1. The third-order valence-electron chi connectivity index (χ3n) is 2.46. The number of carboxylic acid groups (broad SMARTS) is 1. The molecular formula is C10H4BrF5N2O2. The van der Waals surface area contributed by atoms with Crippen molar-refractivity contribution in [1.82, 2.24) is 9.38 Å². The number of nitrogens with zero attached hydrogens (tertiary/aromatic N) is 2. The van der Waals surface area contributed by atoms with Crippen LogP contribution in [0.4, 0.5) is 22.0 Å². The molecule has 2 rings (SSSR count). The van der Waals surface area contributed by atoms with E-state index in [-0.39, 0.29) is 10.1 Å². The van der Waals surface area contributed by atoms with Gasteiger partial charge in [-0.1, -0.05) is 0 Å². The van der Waals surface area contributed by atoms with Crippen molar-refractivity contribution in [2.45, 2.75) is 12.1 Å². The minimum atomic E-state index is -5.94. The first-order chi connectivity index (χ1) is 9.07. The summed E-state index contributed by atoms with van der Waals surface area (Å²) in [4.78, 5) is 14.2. The predicted octanol–water partition coefficient (Wildman–Crippen LogP) is 3.45. The maximum Gasteiger partial charge on any atom is 0.459 e. The van der Waals surface area contributed by atoms with E-state index in [1.807, 2.05) is 0 Å². The Balaban J connectivity index is 2.90. The van der Waals surface area contributed by atoms with Gasteiger partial charge in [0, 0.05) is 6.20 Å². The maximum absolute atomic E-state index is 13.5. The molecule has 2 aromatic rings. The zero-order valence-electron chi connectivity index (χ0n) is 9.25. The molecule has 0 aliphatic rings. The summed E-state index contributed by atoms with van der Waals surface area (Å²) in [5, 5.41) is 8.79. The molecule has 0 amide bonds. The third-order valence-corrected chi connectivity index (χ3v) is 3.08. The van der Waals surface area contributed by atoms with Crippen LogP contribution >= 0.6 is 15.9 Å². The number of aromatic carboxylic acids is 1. The normalized spacial score (nSPS) is 12.9. The first-order valence-corrected chi connectivity index (χ1v) is 5.71. The first kappa shape index (κ1) is 14.7. The molecule has 2 aromatic heterocycles. The second-order valence-electron chi connectivity index (χ2n) is 3.74. The van der Waals surface area contributed by atoms with Gasteiger partial charge in [0.1, 0.15) is 5.69 Å². The lowest BCUT2D eigenvalue weighted by molar-refractivity contribution is -0.291. The molecule has 4 nitrogen and oxygen atoms in total. The van der Waals surface area contributed by atoms with Crippen LogP contribution in [0, 0.1) is 0 Å². The van der Waals surface area contributed by atoms with Crippen molar-refractivity contribution in [2.24, 2.45) is 0 Å². The molecule has 0 spiro atoms. The molecule has 0 saturated heterocycles. The van der Waals surface area contributed by atoms with Gasteiger partial charge in [-0.25, -0.2) is 9.78 Å². The molecule has 1 N–H and O–H groups in total. The van der Waals surface area contributed by atoms with Crippen LogP contribution in [-0.2, 0) is 5.92 Å². The van der Waals surface area contributed by atoms with E-state index < -0.39 is 29.5 Å². The Labute approximate surface area is 116 Å². The van der Waals surface area contributed by atoms with Crippen molar-refractivity contribution in [1.29, 1.82) is 0 Å². The van der Waals surface area contributed by atoms with Crippen LogP contribution in [0.1, 0.15) is 16.2 Å². The number of hydrogen-bond donors (Lipinski definition) is 1. The van der Waals surface area contributed by atoms with Gasteiger partial charge < -0.3 is 5.11 Å². The summed E-state index contributed by atoms with van der Waals surface area (Å²) in [5.74, 6) is -7.32. The maximum atomic E-state index is 13.5. The molecule has 0 aromatic carbocycles. The Kier molecular flexibility index (Phi) is 3.23. The quantitative estimate of drug-likeness (QED) is 0.836. The lowest BCUT2D eigenvalue weighted by atomic mass is 10.2. The topological polar surface area (TPSA) is 54.6 Å². The van der Waals surface area contributed by atoms with E-state index in [4.69, 9.17) is 5.11 Å². The molecule has 10 heteroatoms. The molecule has 108 valence electrons. The SMILES string of the molecule is O=C(O)c1nc2c(Br)cccn2c1C(F)(F)C(F)(F)F. The van der Waals surface area contributed by atoms with E-state index in [1.165, 1.54) is 12.1 Å². The second kappa shape index (κ2) is 4.40. The van der Waals surface area contributed by atoms with Crippen LogP contribution in [0.25, 0.3) is 5.65 Å². The Bertz CT molecular complexity index is 695. The minimum Gasteiger partial charge on any atom is -0.476 e. The third kappa shape index (κ3) is 2.03. The fourth-order valence-electron chi connectivity index (χ4n) is 1.62. The smallest absolute Gasteiger partial charge is 0.459 e. The molecule has 0 saturated carbocycles. The van der Waals surface area contributed by atoms with E-state index in [2.05, 4.69) is 20.9 Å². The lowest BCUT2D eigenvalue weighted by Gasteiger charge is -2.19. The number of halogens is 6. The average molecular weight is 359 g/mol. The van der Waals surface area contributed by atoms with Crippen molar-refractivity contribution >= 4 is 27.5 Å². The van der Waals surface area contributed by atoms with Crippen molar-refractivity contribution in [2.75, 3.05) is 0 Å². The number of carbonyl (C=O) groups is 1. The molecular weight excluding hydrogens is 355 g/mol. The highest BCUT2D eigenvalue weighted by molar-refractivity contribution is 9.10.